The molecule has 0 amide bonds. The molecule has 0 fully saturated rings. The second-order valence-corrected chi connectivity index (χ2v) is 6.27. The van der Waals surface area contributed by atoms with Gasteiger partial charge in [0.2, 0.25) is 0 Å². The van der Waals surface area contributed by atoms with Gasteiger partial charge in [-0.25, -0.2) is 4.98 Å². The van der Waals surface area contributed by atoms with E-state index >= 15 is 0 Å². The van der Waals surface area contributed by atoms with Crippen molar-refractivity contribution in [3.8, 4) is 5.75 Å². The first-order valence-corrected chi connectivity index (χ1v) is 7.95. The van der Waals surface area contributed by atoms with Gasteiger partial charge >= 0.3 is 0 Å². The smallest absolute Gasteiger partial charge is 0.121 e. The summed E-state index contributed by atoms with van der Waals surface area (Å²) < 4.78 is 7.46. The lowest BCUT2D eigenvalue weighted by atomic mass is 10.1. The largest absolute Gasteiger partial charge is 0.496 e. The molecule has 1 atom stereocenters. The summed E-state index contributed by atoms with van der Waals surface area (Å²) in [6.45, 7) is 2.81. The predicted molar refractivity (Wildman–Crippen MR) is 89.8 cm³/mol. The summed E-state index contributed by atoms with van der Waals surface area (Å²) in [7, 11) is 1.69. The number of nitrogens with zero attached hydrogens (tertiary/aromatic N) is 2. The molecule has 23 heavy (non-hydrogen) atoms. The number of aliphatic hydroxyl groups excluding tert-OH is 1. The molecule has 0 aliphatic heterocycles. The molecule has 0 bridgehead atoms. The maximum Gasteiger partial charge on any atom is 0.121 e. The van der Waals surface area contributed by atoms with Gasteiger partial charge in [0.1, 0.15) is 5.75 Å². The van der Waals surface area contributed by atoms with E-state index in [1.807, 2.05) is 12.4 Å². The van der Waals surface area contributed by atoms with Gasteiger partial charge in [0.25, 0.3) is 0 Å². The van der Waals surface area contributed by atoms with Gasteiger partial charge in [-0.3, -0.25) is 0 Å². The van der Waals surface area contributed by atoms with Crippen LogP contribution in [0.25, 0.3) is 11.0 Å². The van der Waals surface area contributed by atoms with Crippen molar-refractivity contribution in [3.63, 3.8) is 0 Å². The number of imidazole rings is 1. The van der Waals surface area contributed by atoms with Gasteiger partial charge in [-0.2, -0.15) is 0 Å². The summed E-state index contributed by atoms with van der Waals surface area (Å²) >= 11 is 0. The molecule has 0 saturated heterocycles. The zero-order valence-electron chi connectivity index (χ0n) is 13.4. The first kappa shape index (κ1) is 14.3. The second-order valence-electron chi connectivity index (χ2n) is 6.27. The van der Waals surface area contributed by atoms with Crippen LogP contribution in [-0.2, 0) is 13.0 Å². The molecule has 0 unspecified atom stereocenters. The number of hydrogen-bond acceptors (Lipinski definition) is 3. The summed E-state index contributed by atoms with van der Waals surface area (Å²) in [5.74, 6) is 0.908. The number of rotatable bonds is 3. The molecule has 3 aromatic rings. The van der Waals surface area contributed by atoms with Crippen LogP contribution >= 0.6 is 0 Å². The lowest BCUT2D eigenvalue weighted by Crippen LogP contribution is -2.00. The highest BCUT2D eigenvalue weighted by molar-refractivity contribution is 5.78. The Balaban J connectivity index is 1.72. The van der Waals surface area contributed by atoms with Gasteiger partial charge in [-0.05, 0) is 60.2 Å². The molecule has 0 spiro atoms. The summed E-state index contributed by atoms with van der Waals surface area (Å²) in [6, 6.07) is 10.5. The molecule has 0 saturated carbocycles. The maximum absolute atomic E-state index is 10.1. The first-order chi connectivity index (χ1) is 11.2. The Morgan fingerprint density at radius 1 is 1.30 bits per heavy atom. The lowest BCUT2D eigenvalue weighted by Gasteiger charge is -2.10. The van der Waals surface area contributed by atoms with Crippen LogP contribution in [0.2, 0.25) is 0 Å². The van der Waals surface area contributed by atoms with Gasteiger partial charge in [0, 0.05) is 6.54 Å². The molecule has 0 radical (unpaired) electrons. The number of benzene rings is 2. The van der Waals surface area contributed by atoms with Crippen LogP contribution in [0, 0.1) is 6.92 Å². The van der Waals surface area contributed by atoms with Crippen LogP contribution in [0.5, 0.6) is 5.75 Å². The second kappa shape index (κ2) is 5.39. The molecule has 1 heterocycles. The van der Waals surface area contributed by atoms with E-state index in [0.717, 1.165) is 47.3 Å². The van der Waals surface area contributed by atoms with Crippen LogP contribution in [-0.4, -0.2) is 21.8 Å². The molecule has 1 aliphatic carbocycles. The van der Waals surface area contributed by atoms with Crippen molar-refractivity contribution < 1.29 is 9.84 Å². The molecular formula is C19H20N2O2. The summed E-state index contributed by atoms with van der Waals surface area (Å²) in [6.07, 6.45) is 3.31. The Labute approximate surface area is 135 Å². The monoisotopic (exact) mass is 308 g/mol. The quantitative estimate of drug-likeness (QED) is 0.807. The Morgan fingerprint density at radius 2 is 2.17 bits per heavy atom. The van der Waals surface area contributed by atoms with Crippen molar-refractivity contribution in [2.75, 3.05) is 7.11 Å². The van der Waals surface area contributed by atoms with Crippen LogP contribution < -0.4 is 4.74 Å². The number of fused-ring (bicyclic) bond motifs is 2. The van der Waals surface area contributed by atoms with Crippen molar-refractivity contribution in [2.45, 2.75) is 32.4 Å². The Bertz CT molecular complexity index is 882. The fraction of sp³-hybridized carbons (Fsp3) is 0.316. The Morgan fingerprint density at radius 3 is 2.96 bits per heavy atom. The molecule has 1 aromatic heterocycles. The number of hydrogen-bond donors (Lipinski definition) is 1. The van der Waals surface area contributed by atoms with E-state index in [2.05, 4.69) is 40.7 Å². The minimum atomic E-state index is -0.332. The third-order valence-corrected chi connectivity index (χ3v) is 4.74. The molecule has 4 heteroatoms. The lowest BCUT2D eigenvalue weighted by molar-refractivity contribution is 0.180. The van der Waals surface area contributed by atoms with Crippen molar-refractivity contribution in [1.82, 2.24) is 9.55 Å². The van der Waals surface area contributed by atoms with Crippen LogP contribution in [0.1, 0.15) is 34.8 Å². The fourth-order valence-electron chi connectivity index (χ4n) is 3.50. The van der Waals surface area contributed by atoms with Crippen molar-refractivity contribution in [3.05, 3.63) is 58.9 Å². The minimum Gasteiger partial charge on any atom is -0.496 e. The van der Waals surface area contributed by atoms with Gasteiger partial charge in [-0.1, -0.05) is 12.1 Å². The van der Waals surface area contributed by atoms with E-state index < -0.39 is 0 Å². The molecule has 4 rings (SSSR count). The maximum atomic E-state index is 10.1. The summed E-state index contributed by atoms with van der Waals surface area (Å²) in [5.41, 5.74) is 6.72. The number of methoxy groups -OCH3 is 1. The first-order valence-electron chi connectivity index (χ1n) is 7.95. The fourth-order valence-corrected chi connectivity index (χ4v) is 3.50. The van der Waals surface area contributed by atoms with E-state index in [9.17, 15) is 5.11 Å². The van der Waals surface area contributed by atoms with Gasteiger partial charge in [0.05, 0.1) is 30.6 Å². The highest BCUT2D eigenvalue weighted by Crippen LogP contribution is 2.34. The van der Waals surface area contributed by atoms with E-state index in [1.165, 1.54) is 11.1 Å². The predicted octanol–water partition coefficient (Wildman–Crippen LogP) is 3.38. The standard InChI is InChI=1S/C19H20N2O2/c1-12-7-13(3-6-19(12)23-2)10-21-11-20-16-8-14-4-5-18(22)15(14)9-17(16)21/h3,6-9,11,18,22H,4-5,10H2,1-2H3/t18-/m0/s1. The van der Waals surface area contributed by atoms with E-state index in [4.69, 9.17) is 4.74 Å². The van der Waals surface area contributed by atoms with Crippen molar-refractivity contribution in [2.24, 2.45) is 0 Å². The number of aryl methyl sites for hydroxylation is 2. The number of ether oxygens (including phenoxy) is 1. The van der Waals surface area contributed by atoms with E-state index in [0.29, 0.717) is 0 Å². The average Bonchev–Trinajstić information content (AvgIpc) is 3.10. The van der Waals surface area contributed by atoms with Crippen LogP contribution in [0.15, 0.2) is 36.7 Å². The van der Waals surface area contributed by atoms with Gasteiger partial charge in [-0.15, -0.1) is 0 Å². The molecule has 118 valence electrons. The zero-order chi connectivity index (χ0) is 16.0. The minimum absolute atomic E-state index is 0.332. The highest BCUT2D eigenvalue weighted by atomic mass is 16.5. The van der Waals surface area contributed by atoms with Crippen LogP contribution in [0.4, 0.5) is 0 Å². The van der Waals surface area contributed by atoms with Crippen molar-refractivity contribution >= 4 is 11.0 Å². The molecule has 4 nitrogen and oxygen atoms in total. The van der Waals surface area contributed by atoms with Gasteiger partial charge in [0.15, 0.2) is 0 Å². The molecule has 1 N–H and O–H groups in total. The third-order valence-electron chi connectivity index (χ3n) is 4.74. The topological polar surface area (TPSA) is 47.3 Å². The normalized spacial score (nSPS) is 16.7. The van der Waals surface area contributed by atoms with Crippen molar-refractivity contribution in [1.29, 1.82) is 0 Å². The molecule has 2 aromatic carbocycles. The SMILES string of the molecule is COc1ccc(Cn2cnc3cc4c(cc32)[C@@H](O)CC4)cc1C. The van der Waals surface area contributed by atoms with Gasteiger partial charge < -0.3 is 14.4 Å². The number of aromatic nitrogens is 2. The Kier molecular flexibility index (Phi) is 3.34. The number of aliphatic hydroxyl groups is 1. The van der Waals surface area contributed by atoms with E-state index in [-0.39, 0.29) is 6.10 Å². The highest BCUT2D eigenvalue weighted by Gasteiger charge is 2.21. The third kappa shape index (κ3) is 2.39. The summed E-state index contributed by atoms with van der Waals surface area (Å²) in [5, 5.41) is 10.1. The zero-order valence-corrected chi connectivity index (χ0v) is 13.4. The molecule has 1 aliphatic rings. The average molecular weight is 308 g/mol. The molecular weight excluding hydrogens is 288 g/mol. The summed E-state index contributed by atoms with van der Waals surface area (Å²) in [4.78, 5) is 4.53. The van der Waals surface area contributed by atoms with E-state index in [1.54, 1.807) is 7.11 Å². The Hall–Kier alpha value is -2.33. The van der Waals surface area contributed by atoms with Crippen LogP contribution in [0.3, 0.4) is 0 Å².